The van der Waals surface area contributed by atoms with Gasteiger partial charge in [0.15, 0.2) is 11.6 Å². The maximum atomic E-state index is 13.9. The molecule has 0 N–H and O–H groups in total. The fourth-order valence-corrected chi connectivity index (χ4v) is 5.95. The SMILES string of the molecule is COc1cccc(OC)c1-n1c(-c2ccco2)nnc1N(CC[Si](C)(C)C)S(=O)(=O)/C=C/c1ncc(Cl)cn1. The molecule has 3 aromatic heterocycles. The second kappa shape index (κ2) is 11.6. The first kappa shape index (κ1) is 28.3. The third kappa shape index (κ3) is 6.49. The van der Waals surface area contributed by atoms with Crippen LogP contribution < -0.4 is 13.8 Å². The van der Waals surface area contributed by atoms with E-state index in [0.29, 0.717) is 34.0 Å². The van der Waals surface area contributed by atoms with Crippen LogP contribution in [0.15, 0.2) is 58.8 Å². The van der Waals surface area contributed by atoms with Gasteiger partial charge in [0.2, 0.25) is 11.8 Å². The van der Waals surface area contributed by atoms with Gasteiger partial charge in [-0.3, -0.25) is 4.57 Å². The van der Waals surface area contributed by atoms with Gasteiger partial charge in [0, 0.05) is 27.0 Å². The number of rotatable bonds is 11. The van der Waals surface area contributed by atoms with Gasteiger partial charge in [0.25, 0.3) is 10.0 Å². The standard InChI is InChI=1S/C25H29ClN6O5SSi/c1-35-19-8-6-9-20(36-2)23(19)32-24(21-10-7-13-37-21)29-30-25(32)31(12-15-39(3,4)5)38(33,34)14-11-22-27-16-18(26)17-28-22/h6-11,13-14,16-17H,12,15H2,1-5H3/b14-11+. The van der Waals surface area contributed by atoms with Crippen LogP contribution in [0.3, 0.4) is 0 Å². The average Bonchev–Trinajstić information content (AvgIpc) is 3.57. The largest absolute Gasteiger partial charge is 0.494 e. The van der Waals surface area contributed by atoms with Crippen molar-refractivity contribution in [2.75, 3.05) is 25.1 Å². The molecule has 0 aliphatic carbocycles. The predicted octanol–water partition coefficient (Wildman–Crippen LogP) is 5.13. The first-order valence-corrected chi connectivity index (χ1v) is 17.5. The monoisotopic (exact) mass is 588 g/mol. The lowest BCUT2D eigenvalue weighted by molar-refractivity contribution is 0.391. The molecule has 0 fully saturated rings. The Balaban J connectivity index is 1.94. The minimum Gasteiger partial charge on any atom is -0.494 e. The van der Waals surface area contributed by atoms with Gasteiger partial charge in [-0.25, -0.2) is 22.7 Å². The molecule has 206 valence electrons. The molecule has 0 saturated carbocycles. The van der Waals surface area contributed by atoms with Crippen LogP contribution >= 0.6 is 11.6 Å². The van der Waals surface area contributed by atoms with E-state index in [0.717, 1.165) is 5.41 Å². The highest BCUT2D eigenvalue weighted by Gasteiger charge is 2.32. The van der Waals surface area contributed by atoms with Crippen molar-refractivity contribution < 1.29 is 22.3 Å². The summed E-state index contributed by atoms with van der Waals surface area (Å²) in [7, 11) is -2.77. The van der Waals surface area contributed by atoms with E-state index in [1.807, 2.05) is 0 Å². The Morgan fingerprint density at radius 2 is 1.72 bits per heavy atom. The number of para-hydroxylation sites is 1. The van der Waals surface area contributed by atoms with Crippen molar-refractivity contribution in [3.05, 3.63) is 65.2 Å². The van der Waals surface area contributed by atoms with E-state index in [-0.39, 0.29) is 24.1 Å². The van der Waals surface area contributed by atoms with Crippen molar-refractivity contribution in [1.29, 1.82) is 0 Å². The molecular weight excluding hydrogens is 560 g/mol. The molecule has 0 spiro atoms. The van der Waals surface area contributed by atoms with Crippen LogP contribution in [0.4, 0.5) is 5.95 Å². The number of ether oxygens (including phenoxy) is 2. The Morgan fingerprint density at radius 3 is 2.28 bits per heavy atom. The lowest BCUT2D eigenvalue weighted by atomic mass is 10.2. The highest BCUT2D eigenvalue weighted by Crippen LogP contribution is 2.39. The van der Waals surface area contributed by atoms with Gasteiger partial charge >= 0.3 is 0 Å². The predicted molar refractivity (Wildman–Crippen MR) is 153 cm³/mol. The highest BCUT2D eigenvalue weighted by molar-refractivity contribution is 7.95. The number of hydrogen-bond donors (Lipinski definition) is 0. The van der Waals surface area contributed by atoms with Crippen LogP contribution in [0, 0.1) is 0 Å². The maximum absolute atomic E-state index is 13.9. The van der Waals surface area contributed by atoms with E-state index >= 15 is 0 Å². The fourth-order valence-electron chi connectivity index (χ4n) is 3.67. The summed E-state index contributed by atoms with van der Waals surface area (Å²) in [6, 6.07) is 9.33. The zero-order valence-corrected chi connectivity index (χ0v) is 24.8. The lowest BCUT2D eigenvalue weighted by Crippen LogP contribution is -2.36. The molecule has 0 aliphatic heterocycles. The van der Waals surface area contributed by atoms with E-state index < -0.39 is 18.1 Å². The molecule has 4 rings (SSSR count). The molecule has 0 aliphatic rings. The Labute approximate surface area is 233 Å². The summed E-state index contributed by atoms with van der Waals surface area (Å²) in [5.41, 5.74) is 0.423. The first-order chi connectivity index (χ1) is 18.5. The van der Waals surface area contributed by atoms with Crippen LogP contribution in [0.1, 0.15) is 5.82 Å². The molecule has 0 amide bonds. The summed E-state index contributed by atoms with van der Waals surface area (Å²) >= 11 is 5.87. The summed E-state index contributed by atoms with van der Waals surface area (Å²) < 4.78 is 47.5. The minimum absolute atomic E-state index is 0.0455. The Bertz CT molecular complexity index is 1530. The summed E-state index contributed by atoms with van der Waals surface area (Å²) in [5.74, 6) is 1.75. The molecular formula is C25H29ClN6O5SSi. The van der Waals surface area contributed by atoms with E-state index in [2.05, 4.69) is 39.8 Å². The quantitative estimate of drug-likeness (QED) is 0.219. The number of halogens is 1. The van der Waals surface area contributed by atoms with Crippen molar-refractivity contribution >= 4 is 41.7 Å². The second-order valence-corrected chi connectivity index (χ2v) is 17.4. The van der Waals surface area contributed by atoms with Gasteiger partial charge in [-0.05, 0) is 36.4 Å². The molecule has 0 saturated heterocycles. The number of nitrogens with zero attached hydrogens (tertiary/aromatic N) is 6. The van der Waals surface area contributed by atoms with Crippen LogP contribution in [-0.2, 0) is 10.0 Å². The molecule has 39 heavy (non-hydrogen) atoms. The molecule has 14 heteroatoms. The van der Waals surface area contributed by atoms with E-state index in [9.17, 15) is 8.42 Å². The van der Waals surface area contributed by atoms with Gasteiger partial charge in [0.1, 0.15) is 17.2 Å². The second-order valence-electron chi connectivity index (χ2n) is 9.64. The Hall–Kier alpha value is -3.68. The molecule has 0 bridgehead atoms. The normalized spacial score (nSPS) is 12.2. The summed E-state index contributed by atoms with van der Waals surface area (Å²) in [6.07, 6.45) is 5.60. The summed E-state index contributed by atoms with van der Waals surface area (Å²) in [5, 5.41) is 10.1. The molecule has 1 aromatic carbocycles. The maximum Gasteiger partial charge on any atom is 0.259 e. The van der Waals surface area contributed by atoms with Crippen LogP contribution in [-0.4, -0.2) is 62.0 Å². The summed E-state index contributed by atoms with van der Waals surface area (Å²) in [6.45, 7) is 6.66. The molecule has 0 unspecified atom stereocenters. The molecule has 11 nitrogen and oxygen atoms in total. The van der Waals surface area contributed by atoms with Gasteiger partial charge in [0.05, 0.1) is 30.9 Å². The zero-order valence-electron chi connectivity index (χ0n) is 22.2. The lowest BCUT2D eigenvalue weighted by Gasteiger charge is -2.26. The van der Waals surface area contributed by atoms with Crippen molar-refractivity contribution in [3.8, 4) is 28.8 Å². The molecule has 0 radical (unpaired) electrons. The van der Waals surface area contributed by atoms with Gasteiger partial charge in [-0.15, -0.1) is 10.2 Å². The third-order valence-corrected chi connectivity index (χ3v) is 9.00. The number of anilines is 1. The fraction of sp³-hybridized carbons (Fsp3) is 0.280. The van der Waals surface area contributed by atoms with Crippen LogP contribution in [0.25, 0.3) is 23.3 Å². The van der Waals surface area contributed by atoms with Crippen molar-refractivity contribution in [1.82, 2.24) is 24.7 Å². The first-order valence-electron chi connectivity index (χ1n) is 11.9. The van der Waals surface area contributed by atoms with Gasteiger partial charge < -0.3 is 13.9 Å². The van der Waals surface area contributed by atoms with Crippen molar-refractivity contribution in [2.24, 2.45) is 0 Å². The minimum atomic E-state index is -4.10. The van der Waals surface area contributed by atoms with Crippen molar-refractivity contribution in [2.45, 2.75) is 25.7 Å². The Kier molecular flexibility index (Phi) is 8.42. The van der Waals surface area contributed by atoms with Gasteiger partial charge in [-0.2, -0.15) is 0 Å². The zero-order chi connectivity index (χ0) is 28.2. The number of methoxy groups -OCH3 is 2. The van der Waals surface area contributed by atoms with E-state index in [4.69, 9.17) is 25.5 Å². The van der Waals surface area contributed by atoms with Crippen molar-refractivity contribution in [3.63, 3.8) is 0 Å². The summed E-state index contributed by atoms with van der Waals surface area (Å²) in [4.78, 5) is 8.12. The van der Waals surface area contributed by atoms with Crippen LogP contribution in [0.2, 0.25) is 30.7 Å². The number of hydrogen-bond acceptors (Lipinski definition) is 9. The number of furan rings is 1. The van der Waals surface area contributed by atoms with E-state index in [1.165, 1.54) is 43.3 Å². The topological polar surface area (TPSA) is 125 Å². The number of benzene rings is 1. The third-order valence-electron chi connectivity index (χ3n) is 5.64. The van der Waals surface area contributed by atoms with E-state index in [1.54, 1.807) is 34.9 Å². The average molecular weight is 589 g/mol. The van der Waals surface area contributed by atoms with Gasteiger partial charge in [-0.1, -0.05) is 37.3 Å². The number of aromatic nitrogens is 5. The number of sulfonamides is 1. The highest BCUT2D eigenvalue weighted by atomic mass is 35.5. The Morgan fingerprint density at radius 1 is 1.05 bits per heavy atom. The molecule has 0 atom stereocenters. The molecule has 3 heterocycles. The van der Waals surface area contributed by atoms with Crippen LogP contribution in [0.5, 0.6) is 11.5 Å². The smallest absolute Gasteiger partial charge is 0.259 e. The molecule has 4 aromatic rings.